The molecule has 0 aliphatic carbocycles. The Morgan fingerprint density at radius 3 is 2.96 bits per heavy atom. The molecule has 1 aromatic heterocycles. The van der Waals surface area contributed by atoms with E-state index in [1.54, 1.807) is 12.1 Å². The van der Waals surface area contributed by atoms with E-state index in [4.69, 9.17) is 5.73 Å². The van der Waals surface area contributed by atoms with Gasteiger partial charge in [-0.05, 0) is 24.6 Å². The number of hydrogen-bond donors (Lipinski definition) is 2. The van der Waals surface area contributed by atoms with E-state index < -0.39 is 0 Å². The van der Waals surface area contributed by atoms with Crippen LogP contribution in [0.2, 0.25) is 0 Å². The Hall–Kier alpha value is -1.73. The van der Waals surface area contributed by atoms with Gasteiger partial charge in [-0.2, -0.15) is 0 Å². The number of halogens is 1. The smallest absolute Gasteiger partial charge is 0.261 e. The Balaban J connectivity index is 2.01. The van der Waals surface area contributed by atoms with Crippen LogP contribution in [0.5, 0.6) is 0 Å². The van der Waals surface area contributed by atoms with Crippen LogP contribution in [-0.2, 0) is 11.3 Å². The highest BCUT2D eigenvalue weighted by atomic mass is 79.9. The first kappa shape index (κ1) is 18.6. The zero-order valence-corrected chi connectivity index (χ0v) is 15.4. The number of hydrogen-bond acceptors (Lipinski definition) is 4. The molecule has 7 heteroatoms. The zero-order chi connectivity index (χ0) is 17.5. The number of fused-ring (bicyclic) bond motifs is 1. The highest BCUT2D eigenvalue weighted by Gasteiger charge is 2.11. The minimum Gasteiger partial charge on any atom is -0.352 e. The molecule has 1 aromatic carbocycles. The summed E-state index contributed by atoms with van der Waals surface area (Å²) in [5, 5.41) is 3.47. The van der Waals surface area contributed by atoms with Crippen molar-refractivity contribution in [1.82, 2.24) is 14.9 Å². The Kier molecular flexibility index (Phi) is 6.93. The van der Waals surface area contributed by atoms with E-state index in [9.17, 15) is 9.59 Å². The van der Waals surface area contributed by atoms with Gasteiger partial charge in [-0.1, -0.05) is 35.7 Å². The van der Waals surface area contributed by atoms with Crippen LogP contribution < -0.4 is 16.6 Å². The van der Waals surface area contributed by atoms with Crippen LogP contribution in [0.25, 0.3) is 10.9 Å². The number of unbranched alkanes of at least 4 members (excludes halogenated alkanes) is 1. The van der Waals surface area contributed by atoms with Crippen molar-refractivity contribution in [2.24, 2.45) is 5.73 Å². The molecule has 3 N–H and O–H groups in total. The maximum absolute atomic E-state index is 12.5. The number of benzene rings is 1. The summed E-state index contributed by atoms with van der Waals surface area (Å²) in [7, 11) is 0. The first-order chi connectivity index (χ1) is 11.5. The van der Waals surface area contributed by atoms with Crippen LogP contribution in [0.4, 0.5) is 0 Å². The van der Waals surface area contributed by atoms with Crippen molar-refractivity contribution in [2.45, 2.75) is 45.2 Å². The number of aromatic nitrogens is 2. The van der Waals surface area contributed by atoms with Gasteiger partial charge in [0.1, 0.15) is 0 Å². The highest BCUT2D eigenvalue weighted by molar-refractivity contribution is 9.10. The third-order valence-corrected chi connectivity index (χ3v) is 4.41. The summed E-state index contributed by atoms with van der Waals surface area (Å²) >= 11 is 3.36. The van der Waals surface area contributed by atoms with Crippen molar-refractivity contribution in [3.8, 4) is 0 Å². The first-order valence-electron chi connectivity index (χ1n) is 8.19. The van der Waals surface area contributed by atoms with Crippen LogP contribution in [-0.4, -0.2) is 28.0 Å². The van der Waals surface area contributed by atoms with Crippen LogP contribution in [0.15, 0.2) is 33.8 Å². The molecule has 1 unspecified atom stereocenters. The lowest BCUT2D eigenvalue weighted by molar-refractivity contribution is -0.122. The van der Waals surface area contributed by atoms with Gasteiger partial charge in [-0.3, -0.25) is 14.2 Å². The van der Waals surface area contributed by atoms with Gasteiger partial charge in [-0.25, -0.2) is 4.98 Å². The Morgan fingerprint density at radius 2 is 2.25 bits per heavy atom. The fraction of sp³-hybridized carbons (Fsp3) is 0.471. The molecule has 0 aliphatic rings. The second-order valence-corrected chi connectivity index (χ2v) is 6.71. The Bertz CT molecular complexity index is 760. The number of carbonyl (C=O) groups excluding carboxylic acids is 1. The van der Waals surface area contributed by atoms with Gasteiger partial charge in [0.05, 0.1) is 17.2 Å². The van der Waals surface area contributed by atoms with Crippen LogP contribution in [0.3, 0.4) is 0 Å². The molecule has 0 aliphatic heterocycles. The largest absolute Gasteiger partial charge is 0.352 e. The van der Waals surface area contributed by atoms with Gasteiger partial charge in [-0.15, -0.1) is 0 Å². The summed E-state index contributed by atoms with van der Waals surface area (Å²) in [4.78, 5) is 28.8. The lowest BCUT2D eigenvalue weighted by atomic mass is 10.1. The molecule has 0 saturated carbocycles. The average molecular weight is 395 g/mol. The van der Waals surface area contributed by atoms with Crippen molar-refractivity contribution in [3.05, 3.63) is 39.4 Å². The number of rotatable bonds is 8. The topological polar surface area (TPSA) is 90.0 Å². The molecule has 2 aromatic rings. The van der Waals surface area contributed by atoms with Crippen LogP contribution in [0, 0.1) is 0 Å². The van der Waals surface area contributed by atoms with E-state index in [2.05, 4.69) is 33.2 Å². The molecule has 0 bridgehead atoms. The predicted octanol–water partition coefficient (Wildman–Crippen LogP) is 2.18. The Labute approximate surface area is 149 Å². The number of carbonyl (C=O) groups is 1. The molecule has 130 valence electrons. The Morgan fingerprint density at radius 1 is 1.46 bits per heavy atom. The third-order valence-electron chi connectivity index (χ3n) is 3.92. The van der Waals surface area contributed by atoms with Gasteiger partial charge in [0.2, 0.25) is 5.91 Å². The summed E-state index contributed by atoms with van der Waals surface area (Å²) in [6.07, 6.45) is 4.70. The molecule has 0 fully saturated rings. The SMILES string of the molecule is CCCCC(CN)NC(=O)CCn1cnc2ccc(Br)cc2c1=O. The normalized spacial score (nSPS) is 12.3. The molecule has 1 heterocycles. The summed E-state index contributed by atoms with van der Waals surface area (Å²) in [5.74, 6) is -0.0946. The van der Waals surface area contributed by atoms with Gasteiger partial charge < -0.3 is 11.1 Å². The lowest BCUT2D eigenvalue weighted by Crippen LogP contribution is -2.40. The maximum atomic E-state index is 12.5. The molecular weight excluding hydrogens is 372 g/mol. The highest BCUT2D eigenvalue weighted by Crippen LogP contribution is 2.14. The maximum Gasteiger partial charge on any atom is 0.261 e. The average Bonchev–Trinajstić information content (AvgIpc) is 2.58. The van der Waals surface area contributed by atoms with E-state index in [0.717, 1.165) is 23.7 Å². The lowest BCUT2D eigenvalue weighted by Gasteiger charge is -2.16. The van der Waals surface area contributed by atoms with Gasteiger partial charge in [0.25, 0.3) is 5.56 Å². The predicted molar refractivity (Wildman–Crippen MR) is 98.8 cm³/mol. The van der Waals surface area contributed by atoms with Gasteiger partial charge in [0.15, 0.2) is 0 Å². The van der Waals surface area contributed by atoms with E-state index in [0.29, 0.717) is 24.0 Å². The van der Waals surface area contributed by atoms with E-state index in [1.165, 1.54) is 10.9 Å². The summed E-state index contributed by atoms with van der Waals surface area (Å²) in [5.41, 5.74) is 6.19. The molecule has 24 heavy (non-hydrogen) atoms. The minimum atomic E-state index is -0.143. The number of amides is 1. The fourth-order valence-electron chi connectivity index (χ4n) is 2.51. The quantitative estimate of drug-likeness (QED) is 0.717. The summed E-state index contributed by atoms with van der Waals surface area (Å²) in [6, 6.07) is 5.38. The number of nitrogens with zero attached hydrogens (tertiary/aromatic N) is 2. The molecule has 1 amide bonds. The molecule has 0 spiro atoms. The number of nitrogens with two attached hydrogens (primary N) is 1. The minimum absolute atomic E-state index is 0.000134. The van der Waals surface area contributed by atoms with Gasteiger partial charge >= 0.3 is 0 Å². The molecular formula is C17H23BrN4O2. The summed E-state index contributed by atoms with van der Waals surface area (Å²) < 4.78 is 2.30. The molecule has 2 rings (SSSR count). The second-order valence-electron chi connectivity index (χ2n) is 5.80. The van der Waals surface area contributed by atoms with Crippen molar-refractivity contribution in [2.75, 3.05) is 6.54 Å². The third kappa shape index (κ3) is 4.88. The number of nitrogens with one attached hydrogen (secondary N) is 1. The van der Waals surface area contributed by atoms with E-state index in [-0.39, 0.29) is 23.9 Å². The first-order valence-corrected chi connectivity index (χ1v) is 8.98. The monoisotopic (exact) mass is 394 g/mol. The van der Waals surface area contributed by atoms with Crippen molar-refractivity contribution in [3.63, 3.8) is 0 Å². The molecule has 6 nitrogen and oxygen atoms in total. The summed E-state index contributed by atoms with van der Waals surface area (Å²) in [6.45, 7) is 2.83. The van der Waals surface area contributed by atoms with Crippen molar-refractivity contribution < 1.29 is 4.79 Å². The van der Waals surface area contributed by atoms with Crippen molar-refractivity contribution in [1.29, 1.82) is 0 Å². The van der Waals surface area contributed by atoms with E-state index in [1.807, 2.05) is 6.07 Å². The molecule has 0 radical (unpaired) electrons. The van der Waals surface area contributed by atoms with E-state index >= 15 is 0 Å². The van der Waals surface area contributed by atoms with Crippen LogP contribution >= 0.6 is 15.9 Å². The van der Waals surface area contributed by atoms with Crippen molar-refractivity contribution >= 4 is 32.7 Å². The standard InChI is InChI=1S/C17H23BrN4O2/c1-2-3-4-13(10-19)21-16(23)7-8-22-11-20-15-6-5-12(18)9-14(15)17(22)24/h5-6,9,11,13H,2-4,7-8,10,19H2,1H3,(H,21,23). The molecule has 1 atom stereocenters. The number of aryl methyl sites for hydroxylation is 1. The van der Waals surface area contributed by atoms with Crippen LogP contribution in [0.1, 0.15) is 32.6 Å². The fourth-order valence-corrected chi connectivity index (χ4v) is 2.87. The molecule has 0 saturated heterocycles. The second kappa shape index (κ2) is 8.94. The van der Waals surface area contributed by atoms with Gasteiger partial charge in [0, 0.05) is 30.0 Å². The zero-order valence-electron chi connectivity index (χ0n) is 13.8.